The van der Waals surface area contributed by atoms with Gasteiger partial charge in [0.2, 0.25) is 0 Å². The number of benzene rings is 2. The zero-order valence-corrected chi connectivity index (χ0v) is 16.0. The van der Waals surface area contributed by atoms with Gasteiger partial charge in [0.1, 0.15) is 5.75 Å². The normalized spacial score (nSPS) is 15.9. The molecule has 3 rings (SSSR count). The van der Waals surface area contributed by atoms with Crippen molar-refractivity contribution in [3.05, 3.63) is 65.2 Å². The summed E-state index contributed by atoms with van der Waals surface area (Å²) in [5, 5.41) is 3.53. The Bertz CT molecular complexity index is 789. The summed E-state index contributed by atoms with van der Waals surface area (Å²) in [6, 6.07) is 16.3. The van der Waals surface area contributed by atoms with E-state index in [-0.39, 0.29) is 17.9 Å². The number of halogens is 1. The molecule has 1 aliphatic heterocycles. The topological polar surface area (TPSA) is 58.6 Å². The first kappa shape index (κ1) is 19.2. The monoisotopic (exact) mass is 386 g/mol. The van der Waals surface area contributed by atoms with Crippen LogP contribution in [0.25, 0.3) is 0 Å². The molecule has 27 heavy (non-hydrogen) atoms. The summed E-state index contributed by atoms with van der Waals surface area (Å²) in [5.41, 5.74) is 0.651. The lowest BCUT2D eigenvalue weighted by atomic mass is 10.0. The van der Waals surface area contributed by atoms with Gasteiger partial charge in [-0.05, 0) is 44.0 Å². The average molecular weight is 387 g/mol. The number of carbonyl (C=O) groups is 2. The zero-order valence-electron chi connectivity index (χ0n) is 15.2. The second-order valence-electron chi connectivity index (χ2n) is 6.63. The van der Waals surface area contributed by atoms with E-state index >= 15 is 0 Å². The first-order valence-electron chi connectivity index (χ1n) is 9.10. The van der Waals surface area contributed by atoms with Gasteiger partial charge in [0.25, 0.3) is 11.8 Å². The first-order valence-corrected chi connectivity index (χ1v) is 9.48. The van der Waals surface area contributed by atoms with Crippen molar-refractivity contribution in [2.24, 2.45) is 0 Å². The van der Waals surface area contributed by atoms with E-state index < -0.39 is 6.10 Å². The lowest BCUT2D eigenvalue weighted by Gasteiger charge is -2.34. The zero-order chi connectivity index (χ0) is 19.2. The Morgan fingerprint density at radius 2 is 1.70 bits per heavy atom. The van der Waals surface area contributed by atoms with Gasteiger partial charge in [-0.3, -0.25) is 9.59 Å². The number of amides is 2. The third-order valence-corrected chi connectivity index (χ3v) is 4.98. The minimum atomic E-state index is -0.611. The van der Waals surface area contributed by atoms with Crippen molar-refractivity contribution in [2.45, 2.75) is 31.9 Å². The van der Waals surface area contributed by atoms with Gasteiger partial charge in [-0.25, -0.2) is 0 Å². The minimum Gasteiger partial charge on any atom is -0.479 e. The number of ether oxygens (including phenoxy) is 1. The Labute approximate surface area is 164 Å². The van der Waals surface area contributed by atoms with Crippen molar-refractivity contribution in [2.75, 3.05) is 13.1 Å². The molecule has 0 aromatic heterocycles. The number of piperidine rings is 1. The van der Waals surface area contributed by atoms with Gasteiger partial charge in [-0.2, -0.15) is 0 Å². The summed E-state index contributed by atoms with van der Waals surface area (Å²) in [4.78, 5) is 26.7. The van der Waals surface area contributed by atoms with Gasteiger partial charge < -0.3 is 15.0 Å². The van der Waals surface area contributed by atoms with Gasteiger partial charge in [0.15, 0.2) is 6.10 Å². The predicted molar refractivity (Wildman–Crippen MR) is 105 cm³/mol. The molecule has 0 radical (unpaired) electrons. The summed E-state index contributed by atoms with van der Waals surface area (Å²) in [6.07, 6.45) is 0.840. The van der Waals surface area contributed by atoms with Crippen molar-refractivity contribution >= 4 is 23.4 Å². The van der Waals surface area contributed by atoms with Crippen LogP contribution in [0, 0.1) is 0 Å². The molecule has 5 nitrogen and oxygen atoms in total. The van der Waals surface area contributed by atoms with Crippen LogP contribution in [-0.2, 0) is 4.79 Å². The number of hydrogen-bond donors (Lipinski definition) is 1. The first-order chi connectivity index (χ1) is 13.0. The van der Waals surface area contributed by atoms with E-state index in [0.717, 1.165) is 12.8 Å². The van der Waals surface area contributed by atoms with Gasteiger partial charge in [0.05, 0.1) is 5.02 Å². The minimum absolute atomic E-state index is 0.0669. The van der Waals surface area contributed by atoms with E-state index in [2.05, 4.69) is 5.32 Å². The van der Waals surface area contributed by atoms with E-state index in [4.69, 9.17) is 16.3 Å². The Morgan fingerprint density at radius 3 is 2.37 bits per heavy atom. The van der Waals surface area contributed by atoms with E-state index in [1.165, 1.54) is 0 Å². The SMILES string of the molecule is CC(Oc1ccccc1Cl)C(=O)N1CCC(NC(=O)c2ccccc2)CC1. The summed E-state index contributed by atoms with van der Waals surface area (Å²) >= 11 is 6.09. The highest BCUT2D eigenvalue weighted by atomic mass is 35.5. The molecule has 1 saturated heterocycles. The van der Waals surface area contributed by atoms with Gasteiger partial charge in [-0.15, -0.1) is 0 Å². The lowest BCUT2D eigenvalue weighted by molar-refractivity contribution is -0.139. The largest absolute Gasteiger partial charge is 0.479 e. The highest BCUT2D eigenvalue weighted by molar-refractivity contribution is 6.32. The highest BCUT2D eigenvalue weighted by Crippen LogP contribution is 2.25. The van der Waals surface area contributed by atoms with Crippen LogP contribution < -0.4 is 10.1 Å². The van der Waals surface area contributed by atoms with Gasteiger partial charge >= 0.3 is 0 Å². The number of carbonyl (C=O) groups excluding carboxylic acids is 2. The van der Waals surface area contributed by atoms with Crippen LogP contribution in [-0.4, -0.2) is 41.9 Å². The second-order valence-corrected chi connectivity index (χ2v) is 7.04. The molecule has 1 fully saturated rings. The van der Waals surface area contributed by atoms with Crippen molar-refractivity contribution in [3.63, 3.8) is 0 Å². The molecule has 1 unspecified atom stereocenters. The second kappa shape index (κ2) is 8.91. The molecule has 1 N–H and O–H groups in total. The quantitative estimate of drug-likeness (QED) is 0.855. The molecule has 1 aliphatic rings. The fourth-order valence-electron chi connectivity index (χ4n) is 3.14. The third kappa shape index (κ3) is 5.01. The molecule has 6 heteroatoms. The van der Waals surface area contributed by atoms with Crippen molar-refractivity contribution in [1.29, 1.82) is 0 Å². The summed E-state index contributed by atoms with van der Waals surface area (Å²) in [5.74, 6) is 0.364. The summed E-state index contributed by atoms with van der Waals surface area (Å²) < 4.78 is 5.72. The molecule has 2 aromatic rings. The Hall–Kier alpha value is -2.53. The van der Waals surface area contributed by atoms with E-state index in [1.807, 2.05) is 30.3 Å². The molecule has 2 aromatic carbocycles. The molecular weight excluding hydrogens is 364 g/mol. The number of likely N-dealkylation sites (tertiary alicyclic amines) is 1. The maximum atomic E-state index is 12.6. The Kier molecular flexibility index (Phi) is 6.35. The molecule has 0 aliphatic carbocycles. The molecule has 0 spiro atoms. The van der Waals surface area contributed by atoms with Crippen molar-refractivity contribution in [1.82, 2.24) is 10.2 Å². The predicted octanol–water partition coefficient (Wildman–Crippen LogP) is 3.53. The number of nitrogens with zero attached hydrogens (tertiary/aromatic N) is 1. The Balaban J connectivity index is 1.49. The van der Waals surface area contributed by atoms with Crippen LogP contribution in [0.5, 0.6) is 5.75 Å². The molecule has 0 saturated carbocycles. The van der Waals surface area contributed by atoms with Crippen LogP contribution in [0.2, 0.25) is 5.02 Å². The fraction of sp³-hybridized carbons (Fsp3) is 0.333. The molecule has 1 heterocycles. The van der Waals surface area contributed by atoms with E-state index in [9.17, 15) is 9.59 Å². The molecule has 2 amide bonds. The molecule has 142 valence electrons. The van der Waals surface area contributed by atoms with Crippen molar-refractivity contribution < 1.29 is 14.3 Å². The van der Waals surface area contributed by atoms with E-state index in [1.54, 1.807) is 36.1 Å². The number of nitrogens with one attached hydrogen (secondary N) is 1. The fourth-order valence-corrected chi connectivity index (χ4v) is 3.32. The number of hydrogen-bond acceptors (Lipinski definition) is 3. The summed E-state index contributed by atoms with van der Waals surface area (Å²) in [6.45, 7) is 2.92. The molecular formula is C21H23ClN2O3. The molecule has 0 bridgehead atoms. The van der Waals surface area contributed by atoms with Gasteiger partial charge in [0, 0.05) is 24.7 Å². The smallest absolute Gasteiger partial charge is 0.263 e. The van der Waals surface area contributed by atoms with Crippen LogP contribution in [0.15, 0.2) is 54.6 Å². The maximum absolute atomic E-state index is 12.6. The number of para-hydroxylation sites is 1. The van der Waals surface area contributed by atoms with Crippen LogP contribution in [0.1, 0.15) is 30.1 Å². The standard InChI is InChI=1S/C21H23ClN2O3/c1-15(27-19-10-6-5-9-18(19)22)21(26)24-13-11-17(12-14-24)23-20(25)16-7-3-2-4-8-16/h2-10,15,17H,11-14H2,1H3,(H,23,25). The van der Waals surface area contributed by atoms with Crippen LogP contribution >= 0.6 is 11.6 Å². The highest BCUT2D eigenvalue weighted by Gasteiger charge is 2.28. The Morgan fingerprint density at radius 1 is 1.07 bits per heavy atom. The molecule has 1 atom stereocenters. The average Bonchev–Trinajstić information content (AvgIpc) is 2.70. The third-order valence-electron chi connectivity index (χ3n) is 4.67. The van der Waals surface area contributed by atoms with Gasteiger partial charge in [-0.1, -0.05) is 41.9 Å². The van der Waals surface area contributed by atoms with E-state index in [0.29, 0.717) is 29.4 Å². The van der Waals surface area contributed by atoms with Crippen molar-refractivity contribution in [3.8, 4) is 5.75 Å². The summed E-state index contributed by atoms with van der Waals surface area (Å²) in [7, 11) is 0. The number of rotatable bonds is 5. The van der Waals surface area contributed by atoms with Crippen LogP contribution in [0.3, 0.4) is 0 Å². The van der Waals surface area contributed by atoms with Crippen LogP contribution in [0.4, 0.5) is 0 Å². The maximum Gasteiger partial charge on any atom is 0.263 e. The lowest BCUT2D eigenvalue weighted by Crippen LogP contribution is -2.49.